The molecule has 208 valence electrons. The second-order valence-corrected chi connectivity index (χ2v) is 9.84. The number of hydrogen-bond acceptors (Lipinski definition) is 4. The Hall–Kier alpha value is -3.86. The third kappa shape index (κ3) is 6.08. The van der Waals surface area contributed by atoms with E-state index in [4.69, 9.17) is 0 Å². The lowest BCUT2D eigenvalue weighted by Crippen LogP contribution is -2.50. The van der Waals surface area contributed by atoms with Crippen LogP contribution in [0.2, 0.25) is 0 Å². The first kappa shape index (κ1) is 28.2. The van der Waals surface area contributed by atoms with Crippen LogP contribution < -0.4 is 10.6 Å². The number of rotatable bonds is 9. The fourth-order valence-electron chi connectivity index (χ4n) is 4.92. The van der Waals surface area contributed by atoms with Crippen molar-refractivity contribution in [1.82, 2.24) is 25.3 Å². The molecule has 2 aliphatic rings. The Morgan fingerprint density at radius 2 is 1.77 bits per heavy atom. The van der Waals surface area contributed by atoms with Crippen LogP contribution in [0.5, 0.6) is 0 Å². The summed E-state index contributed by atoms with van der Waals surface area (Å²) in [5.74, 6) is -0.751. The van der Waals surface area contributed by atoms with Crippen molar-refractivity contribution in [1.29, 1.82) is 0 Å². The van der Waals surface area contributed by atoms with Crippen molar-refractivity contribution in [2.75, 3.05) is 40.3 Å². The highest BCUT2D eigenvalue weighted by Crippen LogP contribution is 2.38. The molecule has 0 aliphatic carbocycles. The highest BCUT2D eigenvalue weighted by Gasteiger charge is 2.47. The minimum Gasteiger partial charge on any atom is -0.353 e. The number of urea groups is 1. The first-order valence-electron chi connectivity index (χ1n) is 12.8. The van der Waals surface area contributed by atoms with Gasteiger partial charge in [-0.1, -0.05) is 42.5 Å². The van der Waals surface area contributed by atoms with Gasteiger partial charge in [0.1, 0.15) is 6.04 Å². The highest BCUT2D eigenvalue weighted by atomic mass is 19.4. The zero-order valence-corrected chi connectivity index (χ0v) is 22.1. The maximum Gasteiger partial charge on any atom is 0.416 e. The van der Waals surface area contributed by atoms with E-state index in [2.05, 4.69) is 10.6 Å². The van der Waals surface area contributed by atoms with Crippen molar-refractivity contribution in [2.45, 2.75) is 31.6 Å². The van der Waals surface area contributed by atoms with Gasteiger partial charge in [-0.05, 0) is 44.3 Å². The Kier molecular flexibility index (Phi) is 8.29. The predicted octanol–water partition coefficient (Wildman–Crippen LogP) is 3.18. The van der Waals surface area contributed by atoms with Gasteiger partial charge in [-0.15, -0.1) is 0 Å². The van der Waals surface area contributed by atoms with Crippen LogP contribution >= 0.6 is 0 Å². The number of carbonyl (C=O) groups is 3. The lowest BCUT2D eigenvalue weighted by Gasteiger charge is -2.33. The van der Waals surface area contributed by atoms with Crippen LogP contribution in [-0.4, -0.2) is 78.9 Å². The fraction of sp³-hybridized carbons (Fsp3) is 0.393. The SMILES string of the molecule is CCN1C(=O)NC(c2ccc(C(F)(F)F)cc2)C2=C1CN(C(Cc1ccccc1)C(=O)NCCN(C)C)C2=O. The van der Waals surface area contributed by atoms with Crippen LogP contribution in [0.25, 0.3) is 0 Å². The number of alkyl halides is 3. The van der Waals surface area contributed by atoms with Crippen molar-refractivity contribution in [3.05, 3.63) is 82.6 Å². The van der Waals surface area contributed by atoms with Crippen molar-refractivity contribution < 1.29 is 27.6 Å². The molecule has 4 rings (SSSR count). The first-order valence-corrected chi connectivity index (χ1v) is 12.8. The molecule has 2 atom stereocenters. The Labute approximate surface area is 225 Å². The molecule has 0 fully saturated rings. The zero-order chi connectivity index (χ0) is 28.3. The molecule has 0 bridgehead atoms. The van der Waals surface area contributed by atoms with Gasteiger partial charge in [-0.25, -0.2) is 4.79 Å². The minimum absolute atomic E-state index is 0.0329. The smallest absolute Gasteiger partial charge is 0.353 e. The monoisotopic (exact) mass is 543 g/mol. The molecule has 11 heteroatoms. The van der Waals surface area contributed by atoms with Crippen LogP contribution in [0.1, 0.15) is 29.7 Å². The van der Waals surface area contributed by atoms with Gasteiger partial charge in [0, 0.05) is 26.1 Å². The van der Waals surface area contributed by atoms with Gasteiger partial charge in [0.25, 0.3) is 5.91 Å². The van der Waals surface area contributed by atoms with E-state index in [0.29, 0.717) is 24.4 Å². The summed E-state index contributed by atoms with van der Waals surface area (Å²) in [5.41, 5.74) is 1.11. The third-order valence-corrected chi connectivity index (χ3v) is 6.95. The predicted molar refractivity (Wildman–Crippen MR) is 139 cm³/mol. The molecule has 4 amide bonds. The summed E-state index contributed by atoms with van der Waals surface area (Å²) in [6.45, 7) is 3.09. The van der Waals surface area contributed by atoms with Crippen LogP contribution in [0.15, 0.2) is 65.9 Å². The molecule has 0 saturated heterocycles. The molecule has 8 nitrogen and oxygen atoms in total. The van der Waals surface area contributed by atoms with Gasteiger partial charge in [-0.2, -0.15) is 13.2 Å². The molecule has 2 heterocycles. The Balaban J connectivity index is 1.68. The van der Waals surface area contributed by atoms with Crippen LogP contribution in [-0.2, 0) is 22.2 Å². The Morgan fingerprint density at radius 1 is 1.10 bits per heavy atom. The number of amides is 4. The van der Waals surface area contributed by atoms with E-state index >= 15 is 0 Å². The van der Waals surface area contributed by atoms with Crippen molar-refractivity contribution in [3.63, 3.8) is 0 Å². The van der Waals surface area contributed by atoms with E-state index in [-0.39, 0.29) is 31.0 Å². The molecular weight excluding hydrogens is 511 g/mol. The van der Waals surface area contributed by atoms with E-state index in [1.165, 1.54) is 21.9 Å². The van der Waals surface area contributed by atoms with E-state index in [0.717, 1.165) is 17.7 Å². The Morgan fingerprint density at radius 3 is 2.36 bits per heavy atom. The zero-order valence-electron chi connectivity index (χ0n) is 22.1. The molecule has 0 radical (unpaired) electrons. The summed E-state index contributed by atoms with van der Waals surface area (Å²) in [6.07, 6.45) is -4.25. The second-order valence-electron chi connectivity index (χ2n) is 9.84. The number of nitrogens with one attached hydrogen (secondary N) is 2. The topological polar surface area (TPSA) is 85.0 Å². The molecule has 0 spiro atoms. The summed E-state index contributed by atoms with van der Waals surface area (Å²) in [4.78, 5) is 45.2. The molecule has 2 N–H and O–H groups in total. The minimum atomic E-state index is -4.51. The number of nitrogens with zero attached hydrogens (tertiary/aromatic N) is 3. The molecule has 2 aromatic carbocycles. The maximum atomic E-state index is 14.0. The summed E-state index contributed by atoms with van der Waals surface area (Å²) in [7, 11) is 3.78. The first-order chi connectivity index (χ1) is 18.5. The number of likely N-dealkylation sites (N-methyl/N-ethyl adjacent to an activating group) is 2. The van der Waals surface area contributed by atoms with E-state index in [1.54, 1.807) is 6.92 Å². The molecule has 2 aliphatic heterocycles. The molecule has 0 aromatic heterocycles. The molecule has 39 heavy (non-hydrogen) atoms. The summed E-state index contributed by atoms with van der Waals surface area (Å²) in [6, 6.07) is 11.5. The van der Waals surface area contributed by atoms with Crippen molar-refractivity contribution in [3.8, 4) is 0 Å². The lowest BCUT2D eigenvalue weighted by atomic mass is 9.94. The van der Waals surface area contributed by atoms with Gasteiger partial charge in [-0.3, -0.25) is 14.5 Å². The standard InChI is InChI=1S/C28H32F3N5O3/c1-4-35-22-17-36(21(16-18-8-6-5-7-9-18)25(37)32-14-15-34(2)3)26(38)23(22)24(33-27(35)39)19-10-12-20(13-11-19)28(29,30)31/h5-13,21,24H,4,14-17H2,1-3H3,(H,32,37)(H,33,39). The average molecular weight is 544 g/mol. The lowest BCUT2D eigenvalue weighted by molar-refractivity contribution is -0.137. The van der Waals surface area contributed by atoms with Crippen LogP contribution in [0.4, 0.5) is 18.0 Å². The third-order valence-electron chi connectivity index (χ3n) is 6.95. The maximum absolute atomic E-state index is 14.0. The average Bonchev–Trinajstić information content (AvgIpc) is 3.23. The van der Waals surface area contributed by atoms with Gasteiger partial charge in [0.15, 0.2) is 0 Å². The van der Waals surface area contributed by atoms with Gasteiger partial charge < -0.3 is 20.4 Å². The molecule has 0 saturated carbocycles. The Bertz CT molecular complexity index is 1250. The normalized spacial score (nSPS) is 18.4. The van der Waals surface area contributed by atoms with Gasteiger partial charge >= 0.3 is 12.2 Å². The number of hydrogen-bond donors (Lipinski definition) is 2. The van der Waals surface area contributed by atoms with Gasteiger partial charge in [0.05, 0.1) is 29.4 Å². The molecular formula is C28H32F3N5O3. The van der Waals surface area contributed by atoms with Gasteiger partial charge in [0.2, 0.25) is 5.91 Å². The largest absolute Gasteiger partial charge is 0.416 e. The van der Waals surface area contributed by atoms with E-state index in [1.807, 2.05) is 49.3 Å². The second kappa shape index (κ2) is 11.5. The number of carbonyl (C=O) groups excluding carboxylic acids is 3. The summed E-state index contributed by atoms with van der Waals surface area (Å²) >= 11 is 0. The number of halogens is 3. The summed E-state index contributed by atoms with van der Waals surface area (Å²) < 4.78 is 39.4. The van der Waals surface area contributed by atoms with Crippen molar-refractivity contribution in [2.24, 2.45) is 0 Å². The summed E-state index contributed by atoms with van der Waals surface area (Å²) in [5, 5.41) is 5.69. The van der Waals surface area contributed by atoms with E-state index < -0.39 is 35.8 Å². The van der Waals surface area contributed by atoms with E-state index in [9.17, 15) is 27.6 Å². The quantitative estimate of drug-likeness (QED) is 0.509. The molecule has 2 aromatic rings. The van der Waals surface area contributed by atoms with Crippen molar-refractivity contribution >= 4 is 17.8 Å². The van der Waals surface area contributed by atoms with Crippen LogP contribution in [0.3, 0.4) is 0 Å². The molecule has 2 unspecified atom stereocenters. The fourth-order valence-corrected chi connectivity index (χ4v) is 4.92. The van der Waals surface area contributed by atoms with Crippen LogP contribution in [0, 0.1) is 0 Å². The number of benzene rings is 2. The highest BCUT2D eigenvalue weighted by molar-refractivity contribution is 6.03.